The first-order valence-electron chi connectivity index (χ1n) is 21.6. The number of carbonyl (C=O) groups is 8. The van der Waals surface area contributed by atoms with Gasteiger partial charge in [-0.25, -0.2) is 9.59 Å². The molecule has 1 heterocycles. The number of nitrogens with one attached hydrogen (secondary N) is 6. The van der Waals surface area contributed by atoms with Crippen molar-refractivity contribution in [3.8, 4) is 0 Å². The summed E-state index contributed by atoms with van der Waals surface area (Å²) in [6, 6.07) is 29.3. The zero-order valence-electron chi connectivity index (χ0n) is 37.2. The maximum atomic E-state index is 14.0. The smallest absolute Gasteiger partial charge is 0.414 e. The van der Waals surface area contributed by atoms with Crippen LogP contribution < -0.4 is 31.9 Å². The highest BCUT2D eigenvalue weighted by Gasteiger charge is 2.32. The molecule has 0 saturated heterocycles. The van der Waals surface area contributed by atoms with Crippen molar-refractivity contribution in [2.24, 2.45) is 4.99 Å². The second-order valence-corrected chi connectivity index (χ2v) is 15.3. The molecule has 0 radical (unpaired) electrons. The van der Waals surface area contributed by atoms with Gasteiger partial charge in [0.05, 0.1) is 13.0 Å². The van der Waals surface area contributed by atoms with E-state index in [0.717, 1.165) is 4.90 Å². The first-order chi connectivity index (χ1) is 32.4. The highest BCUT2D eigenvalue weighted by atomic mass is 16.6. The molecule has 0 saturated carbocycles. The molecule has 0 aromatic heterocycles. The molecule has 19 heteroatoms. The number of fused-ring (bicyclic) bond motifs is 2. The number of alkyl carbamates (subject to hydrolysis) is 2. The Morgan fingerprint density at radius 1 is 0.672 bits per heavy atom. The second-order valence-electron chi connectivity index (χ2n) is 15.3. The molecule has 5 rings (SSSR count). The zero-order chi connectivity index (χ0) is 48.0. The lowest BCUT2D eigenvalue weighted by Crippen LogP contribution is -2.55. The number of hydrogen-bond donors (Lipinski definition) is 6. The number of benzene rings is 4. The maximum absolute atomic E-state index is 14.0. The Morgan fingerprint density at radius 3 is 1.79 bits per heavy atom. The number of ether oxygens (including phenoxy) is 3. The van der Waals surface area contributed by atoms with Gasteiger partial charge in [0.15, 0.2) is 0 Å². The highest BCUT2D eigenvalue weighted by Crippen LogP contribution is 2.13. The molecule has 7 amide bonds. The quantitative estimate of drug-likeness (QED) is 0.0373. The largest absolute Gasteiger partial charge is 0.461 e. The standard InChI is InChI=1S/C48H54N8O11/c1-3-37-45(62)56(2)39(23-14-24-49-46(54-47(63)66-30-33-17-9-5-10-18-33)55-48(64)67-31-34-19-11-6-12-20-34)44(61)51-28-40(57)52-38(26-41(58)65-29-32-15-7-4-8-16-32)43(60)50-27-35-21-13-22-36(25-35)42(59)53-37/h4-13,15-22,25,37-39H,3,14,23-24,26-31H2,1-2H3,(H,50,60)(H,51,61)(H,52,57)(H,53,59)(H2,49,54,55,63,64)/t37-,38+,39+/m1/s1. The molecule has 0 unspecified atom stereocenters. The van der Waals surface area contributed by atoms with Crippen molar-refractivity contribution < 1.29 is 52.6 Å². The van der Waals surface area contributed by atoms with Crippen molar-refractivity contribution in [2.45, 2.75) is 77.1 Å². The van der Waals surface area contributed by atoms with Crippen molar-refractivity contribution in [3.05, 3.63) is 143 Å². The Morgan fingerprint density at radius 2 is 1.22 bits per heavy atom. The normalized spacial score (nSPS) is 16.9. The van der Waals surface area contributed by atoms with Crippen LogP contribution in [0, 0.1) is 0 Å². The molecule has 0 spiro atoms. The molecule has 67 heavy (non-hydrogen) atoms. The van der Waals surface area contributed by atoms with E-state index in [4.69, 9.17) is 14.2 Å². The van der Waals surface area contributed by atoms with Gasteiger partial charge >= 0.3 is 18.2 Å². The summed E-state index contributed by atoms with van der Waals surface area (Å²) >= 11 is 0. The lowest BCUT2D eigenvalue weighted by atomic mass is 10.1. The summed E-state index contributed by atoms with van der Waals surface area (Å²) in [5, 5.41) is 15.2. The molecule has 1 aliphatic rings. The predicted molar refractivity (Wildman–Crippen MR) is 243 cm³/mol. The number of aliphatic imine (C=N–C) groups is 1. The first kappa shape index (κ1) is 49.9. The lowest BCUT2D eigenvalue weighted by Gasteiger charge is -2.30. The summed E-state index contributed by atoms with van der Waals surface area (Å²) in [5.74, 6) is -4.58. The first-order valence-corrected chi connectivity index (χ1v) is 21.6. The average Bonchev–Trinajstić information content (AvgIpc) is 3.34. The van der Waals surface area contributed by atoms with E-state index in [0.29, 0.717) is 22.3 Å². The number of likely N-dealkylation sites (N-methyl/N-ethyl adjacent to an activating group) is 1. The van der Waals surface area contributed by atoms with Gasteiger partial charge in [-0.2, -0.15) is 0 Å². The van der Waals surface area contributed by atoms with Crippen molar-refractivity contribution >= 4 is 53.7 Å². The molecule has 1 aliphatic heterocycles. The van der Waals surface area contributed by atoms with Crippen LogP contribution in [0.1, 0.15) is 65.2 Å². The van der Waals surface area contributed by atoms with Gasteiger partial charge in [0.1, 0.15) is 37.9 Å². The van der Waals surface area contributed by atoms with Gasteiger partial charge in [-0.1, -0.05) is 110 Å². The van der Waals surface area contributed by atoms with Crippen molar-refractivity contribution in [3.63, 3.8) is 0 Å². The van der Waals surface area contributed by atoms with Gasteiger partial charge in [0, 0.05) is 25.7 Å². The summed E-state index contributed by atoms with van der Waals surface area (Å²) in [5.41, 5.74) is 2.85. The van der Waals surface area contributed by atoms with Crippen LogP contribution in [0.2, 0.25) is 0 Å². The van der Waals surface area contributed by atoms with Gasteiger partial charge in [-0.05, 0) is 53.6 Å². The third-order valence-corrected chi connectivity index (χ3v) is 10.2. The number of carbonyl (C=O) groups excluding carboxylic acids is 8. The second kappa shape index (κ2) is 26.0. The minimum Gasteiger partial charge on any atom is -0.461 e. The van der Waals surface area contributed by atoms with Gasteiger partial charge < -0.3 is 40.4 Å². The van der Waals surface area contributed by atoms with Crippen LogP contribution in [0.5, 0.6) is 0 Å². The number of rotatable bonds is 13. The molecule has 0 aliphatic carbocycles. The Bertz CT molecular complexity index is 2310. The fourth-order valence-electron chi connectivity index (χ4n) is 6.62. The Labute approximate surface area is 387 Å². The lowest BCUT2D eigenvalue weighted by molar-refractivity contribution is -0.147. The van der Waals surface area contributed by atoms with Gasteiger partial charge in [0.2, 0.25) is 29.6 Å². The van der Waals surface area contributed by atoms with Crippen molar-refractivity contribution in [1.82, 2.24) is 36.8 Å². The van der Waals surface area contributed by atoms with Crippen LogP contribution >= 0.6 is 0 Å². The molecule has 3 atom stereocenters. The van der Waals surface area contributed by atoms with Gasteiger partial charge in [-0.15, -0.1) is 0 Å². The molecule has 352 valence electrons. The van der Waals surface area contributed by atoms with E-state index in [9.17, 15) is 38.4 Å². The Hall–Kier alpha value is -8.09. The third-order valence-electron chi connectivity index (χ3n) is 10.2. The Kier molecular flexibility index (Phi) is 19.4. The summed E-state index contributed by atoms with van der Waals surface area (Å²) in [6.45, 7) is 0.638. The van der Waals surface area contributed by atoms with E-state index < -0.39 is 78.8 Å². The molecule has 4 aromatic rings. The van der Waals surface area contributed by atoms with Crippen LogP contribution in [0.15, 0.2) is 120 Å². The molecule has 0 fully saturated rings. The minimum absolute atomic E-state index is 0.0614. The van der Waals surface area contributed by atoms with E-state index in [2.05, 4.69) is 36.9 Å². The van der Waals surface area contributed by atoms with Crippen LogP contribution in [0.25, 0.3) is 0 Å². The van der Waals surface area contributed by atoms with Crippen LogP contribution in [-0.2, 0) is 64.5 Å². The monoisotopic (exact) mass is 918 g/mol. The van der Waals surface area contributed by atoms with E-state index in [1.807, 2.05) is 12.1 Å². The summed E-state index contributed by atoms with van der Waals surface area (Å²) in [6.07, 6.45) is -2.23. The van der Waals surface area contributed by atoms with Crippen molar-refractivity contribution in [2.75, 3.05) is 20.1 Å². The predicted octanol–water partition coefficient (Wildman–Crippen LogP) is 3.38. The molecule has 4 aromatic carbocycles. The van der Waals surface area contributed by atoms with E-state index >= 15 is 0 Å². The maximum Gasteiger partial charge on any atom is 0.414 e. The summed E-state index contributed by atoms with van der Waals surface area (Å²) in [4.78, 5) is 112. The van der Waals surface area contributed by atoms with Gasteiger partial charge in [0.25, 0.3) is 5.91 Å². The van der Waals surface area contributed by atoms with Crippen LogP contribution in [-0.4, -0.2) is 96.8 Å². The van der Waals surface area contributed by atoms with E-state index in [1.165, 1.54) is 19.2 Å². The fourth-order valence-corrected chi connectivity index (χ4v) is 6.62. The summed E-state index contributed by atoms with van der Waals surface area (Å²) in [7, 11) is 1.38. The molecule has 2 bridgehead atoms. The topological polar surface area (TPSA) is 252 Å². The minimum atomic E-state index is -1.41. The van der Waals surface area contributed by atoms with Crippen LogP contribution in [0.3, 0.4) is 0 Å². The highest BCUT2D eigenvalue weighted by molar-refractivity contribution is 6.01. The molecular weight excluding hydrogens is 865 g/mol. The van der Waals surface area contributed by atoms with Gasteiger partial charge in [-0.3, -0.25) is 44.4 Å². The number of hydrogen-bond acceptors (Lipinski definition) is 12. The molecular formula is C48H54N8O11. The molecule has 6 N–H and O–H groups in total. The zero-order valence-corrected chi connectivity index (χ0v) is 37.2. The molecule has 19 nitrogen and oxygen atoms in total. The van der Waals surface area contributed by atoms with E-state index in [-0.39, 0.29) is 63.7 Å². The number of esters is 1. The average molecular weight is 919 g/mol. The third kappa shape index (κ3) is 16.8. The van der Waals surface area contributed by atoms with Crippen LogP contribution in [0.4, 0.5) is 9.59 Å². The van der Waals surface area contributed by atoms with E-state index in [1.54, 1.807) is 97.9 Å². The van der Waals surface area contributed by atoms with Crippen molar-refractivity contribution in [1.29, 1.82) is 0 Å². The number of amides is 7. The summed E-state index contributed by atoms with van der Waals surface area (Å²) < 4.78 is 16.0. The number of guanidine groups is 1. The Balaban J connectivity index is 1.32. The fraction of sp³-hybridized carbons (Fsp3) is 0.312. The number of nitrogens with zero attached hydrogens (tertiary/aromatic N) is 2. The SMILES string of the molecule is CC[C@H]1NC(=O)c2cccc(c2)CNC(=O)[C@H](CC(=O)OCc2ccccc2)NC(=O)CNC(=O)[C@H](CCCN=C(NC(=O)OCc2ccccc2)NC(=O)OCc2ccccc2)N(C)C1=O.